The van der Waals surface area contributed by atoms with Gasteiger partial charge in [-0.3, -0.25) is 0 Å². The van der Waals surface area contributed by atoms with E-state index in [4.69, 9.17) is 0 Å². The average molecular weight is 289 g/mol. The zero-order valence-electron chi connectivity index (χ0n) is 11.7. The Bertz CT molecular complexity index is 683. The molecule has 0 saturated heterocycles. The summed E-state index contributed by atoms with van der Waals surface area (Å²) in [6, 6.07) is 2.24. The second kappa shape index (κ2) is 6.16. The van der Waals surface area contributed by atoms with Crippen LogP contribution in [0.2, 0.25) is 0 Å². The Labute approximate surface area is 122 Å². The number of hydrogen-bond donors (Lipinski definition) is 1. The number of anilines is 1. The Kier molecular flexibility index (Phi) is 4.08. The molecule has 3 rings (SSSR count). The lowest BCUT2D eigenvalue weighted by Crippen LogP contribution is -2.07. The van der Waals surface area contributed by atoms with Crippen LogP contribution in [-0.2, 0) is 0 Å². The molecule has 21 heavy (non-hydrogen) atoms. The van der Waals surface area contributed by atoms with Crippen molar-refractivity contribution in [3.8, 4) is 0 Å². The fraction of sp³-hybridized carbons (Fsp3) is 0.375. The van der Waals surface area contributed by atoms with E-state index in [1.54, 1.807) is 0 Å². The van der Waals surface area contributed by atoms with E-state index in [2.05, 4.69) is 21.4 Å². The van der Waals surface area contributed by atoms with Crippen LogP contribution < -0.4 is 5.32 Å². The maximum atomic E-state index is 13.4. The maximum absolute atomic E-state index is 13.4. The Morgan fingerprint density at radius 1 is 1.10 bits per heavy atom. The fourth-order valence-electron chi connectivity index (χ4n) is 2.67. The van der Waals surface area contributed by atoms with Gasteiger partial charge in [0.05, 0.1) is 5.52 Å². The SMILES string of the molecule is Fc1cc2ncnc(NCCC3=CCCCC3)c2cc1F. The third kappa shape index (κ3) is 3.17. The van der Waals surface area contributed by atoms with E-state index in [-0.39, 0.29) is 0 Å². The van der Waals surface area contributed by atoms with E-state index in [9.17, 15) is 8.78 Å². The summed E-state index contributed by atoms with van der Waals surface area (Å²) >= 11 is 0. The van der Waals surface area contributed by atoms with Crippen LogP contribution >= 0.6 is 0 Å². The summed E-state index contributed by atoms with van der Waals surface area (Å²) in [7, 11) is 0. The lowest BCUT2D eigenvalue weighted by atomic mass is 9.97. The van der Waals surface area contributed by atoms with Gasteiger partial charge >= 0.3 is 0 Å². The number of fused-ring (bicyclic) bond motifs is 1. The van der Waals surface area contributed by atoms with E-state index < -0.39 is 11.6 Å². The monoisotopic (exact) mass is 289 g/mol. The Balaban J connectivity index is 1.74. The van der Waals surface area contributed by atoms with Crippen LogP contribution in [-0.4, -0.2) is 16.5 Å². The molecule has 2 aromatic rings. The Morgan fingerprint density at radius 2 is 1.95 bits per heavy atom. The maximum Gasteiger partial charge on any atom is 0.161 e. The van der Waals surface area contributed by atoms with Gasteiger partial charge in [-0.15, -0.1) is 0 Å². The zero-order valence-corrected chi connectivity index (χ0v) is 11.7. The van der Waals surface area contributed by atoms with Crippen molar-refractivity contribution in [2.24, 2.45) is 0 Å². The van der Waals surface area contributed by atoms with Gasteiger partial charge in [-0.1, -0.05) is 11.6 Å². The molecular weight excluding hydrogens is 272 g/mol. The minimum atomic E-state index is -0.889. The minimum absolute atomic E-state index is 0.406. The number of nitrogens with one attached hydrogen (secondary N) is 1. The molecule has 1 aliphatic rings. The Morgan fingerprint density at radius 3 is 2.76 bits per heavy atom. The number of halogens is 2. The smallest absolute Gasteiger partial charge is 0.161 e. The molecule has 0 spiro atoms. The highest BCUT2D eigenvalue weighted by atomic mass is 19.2. The molecular formula is C16H17F2N3. The molecule has 5 heteroatoms. The molecule has 0 unspecified atom stereocenters. The molecule has 0 bridgehead atoms. The molecule has 1 N–H and O–H groups in total. The van der Waals surface area contributed by atoms with Crippen molar-refractivity contribution >= 4 is 16.7 Å². The van der Waals surface area contributed by atoms with Crippen LogP contribution in [0.3, 0.4) is 0 Å². The van der Waals surface area contributed by atoms with Gasteiger partial charge in [-0.05, 0) is 38.2 Å². The summed E-state index contributed by atoms with van der Waals surface area (Å²) in [5.41, 5.74) is 1.87. The number of nitrogens with zero attached hydrogens (tertiary/aromatic N) is 2. The predicted octanol–water partition coefficient (Wildman–Crippen LogP) is 4.21. The summed E-state index contributed by atoms with van der Waals surface area (Å²) in [6.07, 6.45) is 9.47. The number of benzene rings is 1. The van der Waals surface area contributed by atoms with Crippen LogP contribution in [0, 0.1) is 11.6 Å². The van der Waals surface area contributed by atoms with E-state index >= 15 is 0 Å². The topological polar surface area (TPSA) is 37.8 Å². The van der Waals surface area contributed by atoms with Gasteiger partial charge in [-0.2, -0.15) is 0 Å². The third-order valence-corrected chi connectivity index (χ3v) is 3.80. The molecule has 3 nitrogen and oxygen atoms in total. The van der Waals surface area contributed by atoms with Crippen LogP contribution in [0.1, 0.15) is 32.1 Å². The van der Waals surface area contributed by atoms with Crippen LogP contribution in [0.25, 0.3) is 10.9 Å². The Hall–Kier alpha value is -2.04. The highest BCUT2D eigenvalue weighted by Crippen LogP contribution is 2.23. The number of allylic oxidation sites excluding steroid dienone is 1. The molecule has 1 aliphatic carbocycles. The molecule has 0 radical (unpaired) electrons. The molecule has 0 aliphatic heterocycles. The number of hydrogen-bond acceptors (Lipinski definition) is 3. The van der Waals surface area contributed by atoms with Gasteiger partial charge in [0.1, 0.15) is 12.1 Å². The molecule has 0 saturated carbocycles. The molecule has 1 heterocycles. The first-order valence-corrected chi connectivity index (χ1v) is 7.25. The van der Waals surface area contributed by atoms with Gasteiger partial charge in [0, 0.05) is 18.0 Å². The standard InChI is InChI=1S/C16H17F2N3/c17-13-8-12-15(9-14(13)18)20-10-21-16(12)19-7-6-11-4-2-1-3-5-11/h4,8-10H,1-3,5-7H2,(H,19,20,21). The molecule has 0 fully saturated rings. The third-order valence-electron chi connectivity index (χ3n) is 3.80. The molecule has 1 aromatic carbocycles. The normalized spacial score (nSPS) is 15.0. The summed E-state index contributed by atoms with van der Waals surface area (Å²) in [5.74, 6) is -1.22. The molecule has 1 aromatic heterocycles. The van der Waals surface area contributed by atoms with E-state index in [0.29, 0.717) is 16.7 Å². The first-order chi connectivity index (χ1) is 10.2. The second-order valence-corrected chi connectivity index (χ2v) is 5.29. The number of rotatable bonds is 4. The lowest BCUT2D eigenvalue weighted by molar-refractivity contribution is 0.510. The largest absolute Gasteiger partial charge is 0.369 e. The average Bonchev–Trinajstić information content (AvgIpc) is 2.50. The van der Waals surface area contributed by atoms with Crippen LogP contribution in [0.15, 0.2) is 30.1 Å². The van der Waals surface area contributed by atoms with Crippen LogP contribution in [0.4, 0.5) is 14.6 Å². The van der Waals surface area contributed by atoms with Crippen molar-refractivity contribution in [2.45, 2.75) is 32.1 Å². The lowest BCUT2D eigenvalue weighted by Gasteiger charge is -2.13. The van der Waals surface area contributed by atoms with Crippen molar-refractivity contribution in [1.29, 1.82) is 0 Å². The zero-order chi connectivity index (χ0) is 14.7. The second-order valence-electron chi connectivity index (χ2n) is 5.29. The predicted molar refractivity (Wildman–Crippen MR) is 79.1 cm³/mol. The highest BCUT2D eigenvalue weighted by molar-refractivity contribution is 5.88. The van der Waals surface area contributed by atoms with Gasteiger partial charge in [-0.25, -0.2) is 18.7 Å². The first kappa shape index (κ1) is 13.9. The van der Waals surface area contributed by atoms with Gasteiger partial charge in [0.2, 0.25) is 0 Å². The molecule has 110 valence electrons. The van der Waals surface area contributed by atoms with E-state index in [1.165, 1.54) is 24.7 Å². The van der Waals surface area contributed by atoms with Crippen molar-refractivity contribution < 1.29 is 8.78 Å². The van der Waals surface area contributed by atoms with Crippen LogP contribution in [0.5, 0.6) is 0 Å². The summed E-state index contributed by atoms with van der Waals surface area (Å²) in [6.45, 7) is 0.733. The van der Waals surface area contributed by atoms with Crippen molar-refractivity contribution in [3.63, 3.8) is 0 Å². The quantitative estimate of drug-likeness (QED) is 0.857. The van der Waals surface area contributed by atoms with E-state index in [1.807, 2.05) is 0 Å². The van der Waals surface area contributed by atoms with Crippen molar-refractivity contribution in [3.05, 3.63) is 41.7 Å². The minimum Gasteiger partial charge on any atom is -0.369 e. The summed E-state index contributed by atoms with van der Waals surface area (Å²) < 4.78 is 26.6. The summed E-state index contributed by atoms with van der Waals surface area (Å²) in [4.78, 5) is 8.10. The van der Waals surface area contributed by atoms with E-state index in [0.717, 1.165) is 37.9 Å². The van der Waals surface area contributed by atoms with Gasteiger partial charge in [0.15, 0.2) is 11.6 Å². The van der Waals surface area contributed by atoms with Gasteiger partial charge < -0.3 is 5.32 Å². The molecule has 0 amide bonds. The highest BCUT2D eigenvalue weighted by Gasteiger charge is 2.10. The van der Waals surface area contributed by atoms with Crippen molar-refractivity contribution in [2.75, 3.05) is 11.9 Å². The fourth-order valence-corrected chi connectivity index (χ4v) is 2.67. The number of aromatic nitrogens is 2. The summed E-state index contributed by atoms with van der Waals surface area (Å²) in [5, 5.41) is 3.71. The molecule has 0 atom stereocenters. The van der Waals surface area contributed by atoms with Crippen molar-refractivity contribution in [1.82, 2.24) is 9.97 Å². The van der Waals surface area contributed by atoms with Gasteiger partial charge in [0.25, 0.3) is 0 Å². The first-order valence-electron chi connectivity index (χ1n) is 7.25.